The standard InChI is InChI=1S/C19H19N3O3S/c23-19(20-15-8-2-1-3-9-15)14-7-6-12-22(13-14)18-16-10-4-5-11-17(16)26(24,25)21-18/h1-5,8-11,14H,6-7,12-13H2,(H,20,23)/t14-/m1/s1. The molecule has 0 unspecified atom stereocenters. The summed E-state index contributed by atoms with van der Waals surface area (Å²) < 4.78 is 28.5. The second-order valence-electron chi connectivity index (χ2n) is 6.53. The van der Waals surface area contributed by atoms with Crippen LogP contribution >= 0.6 is 0 Å². The molecule has 1 saturated heterocycles. The maximum Gasteiger partial charge on any atom is 0.285 e. The number of carbonyl (C=O) groups is 1. The zero-order valence-electron chi connectivity index (χ0n) is 14.1. The molecule has 2 aromatic carbocycles. The van der Waals surface area contributed by atoms with Crippen LogP contribution in [0.3, 0.4) is 0 Å². The van der Waals surface area contributed by atoms with Gasteiger partial charge in [0.2, 0.25) is 5.91 Å². The summed E-state index contributed by atoms with van der Waals surface area (Å²) >= 11 is 0. The Hall–Kier alpha value is -2.67. The quantitative estimate of drug-likeness (QED) is 0.882. The Morgan fingerprint density at radius 1 is 1.08 bits per heavy atom. The summed E-state index contributed by atoms with van der Waals surface area (Å²) in [6, 6.07) is 16.2. The molecule has 0 radical (unpaired) electrons. The number of rotatable bonds is 2. The van der Waals surface area contributed by atoms with Gasteiger partial charge in [0.15, 0.2) is 5.84 Å². The summed E-state index contributed by atoms with van der Waals surface area (Å²) in [6.45, 7) is 1.15. The van der Waals surface area contributed by atoms with Gasteiger partial charge in [0.25, 0.3) is 10.0 Å². The molecule has 4 rings (SSSR count). The monoisotopic (exact) mass is 369 g/mol. The molecule has 7 heteroatoms. The summed E-state index contributed by atoms with van der Waals surface area (Å²) in [5, 5.41) is 2.93. The summed E-state index contributed by atoms with van der Waals surface area (Å²) in [5.74, 6) is 0.204. The second kappa shape index (κ2) is 6.57. The molecule has 2 heterocycles. The van der Waals surface area contributed by atoms with Crippen molar-refractivity contribution in [3.63, 3.8) is 0 Å². The Bertz CT molecular complexity index is 971. The van der Waals surface area contributed by atoms with E-state index >= 15 is 0 Å². The molecule has 1 amide bonds. The molecular weight excluding hydrogens is 350 g/mol. The smallest absolute Gasteiger partial charge is 0.285 e. The lowest BCUT2D eigenvalue weighted by Crippen LogP contribution is -2.43. The molecule has 6 nitrogen and oxygen atoms in total. The Balaban J connectivity index is 1.54. The third-order valence-corrected chi connectivity index (χ3v) is 6.07. The molecule has 134 valence electrons. The van der Waals surface area contributed by atoms with Gasteiger partial charge in [-0.25, -0.2) is 0 Å². The number of sulfonamides is 1. The molecule has 1 atom stereocenters. The van der Waals surface area contributed by atoms with Crippen LogP contribution in [0.2, 0.25) is 0 Å². The highest BCUT2D eigenvalue weighted by atomic mass is 32.2. The van der Waals surface area contributed by atoms with E-state index in [2.05, 4.69) is 9.71 Å². The largest absolute Gasteiger partial charge is 0.355 e. The van der Waals surface area contributed by atoms with Crippen LogP contribution in [0.4, 0.5) is 5.69 Å². The zero-order valence-corrected chi connectivity index (χ0v) is 14.9. The fraction of sp³-hybridized carbons (Fsp3) is 0.263. The molecule has 2 aliphatic heterocycles. The van der Waals surface area contributed by atoms with E-state index in [1.54, 1.807) is 24.3 Å². The van der Waals surface area contributed by atoms with Crippen LogP contribution in [-0.4, -0.2) is 38.2 Å². The predicted octanol–water partition coefficient (Wildman–Crippen LogP) is 2.49. The molecule has 26 heavy (non-hydrogen) atoms. The van der Waals surface area contributed by atoms with Crippen molar-refractivity contribution < 1.29 is 13.2 Å². The minimum atomic E-state index is -3.64. The van der Waals surface area contributed by atoms with Gasteiger partial charge >= 0.3 is 0 Å². The number of fused-ring (bicyclic) bond motifs is 1. The number of nitrogens with one attached hydrogen (secondary N) is 1. The number of nitrogens with zero attached hydrogens (tertiary/aromatic N) is 2. The Labute approximate surface area is 152 Å². The van der Waals surface area contributed by atoms with Gasteiger partial charge in [0, 0.05) is 24.3 Å². The van der Waals surface area contributed by atoms with E-state index in [-0.39, 0.29) is 16.7 Å². The molecule has 0 saturated carbocycles. The molecule has 0 spiro atoms. The Morgan fingerprint density at radius 2 is 1.81 bits per heavy atom. The van der Waals surface area contributed by atoms with E-state index < -0.39 is 10.0 Å². The molecule has 2 aliphatic rings. The van der Waals surface area contributed by atoms with Crippen LogP contribution in [0.25, 0.3) is 0 Å². The normalized spacial score (nSPS) is 21.0. The van der Waals surface area contributed by atoms with Gasteiger partial charge in [0.1, 0.15) is 4.90 Å². The van der Waals surface area contributed by atoms with Crippen molar-refractivity contribution in [3.05, 3.63) is 60.2 Å². The summed E-state index contributed by atoms with van der Waals surface area (Å²) in [4.78, 5) is 14.8. The number of benzene rings is 2. The lowest BCUT2D eigenvalue weighted by molar-refractivity contribution is -0.121. The average molecular weight is 369 g/mol. The number of anilines is 1. The van der Waals surface area contributed by atoms with Crippen LogP contribution in [0.1, 0.15) is 18.4 Å². The SMILES string of the molecule is O=C(Nc1ccccc1)[C@@H]1CCCN(C2=NS(=O)(=O)c3ccccc32)C1. The first-order chi connectivity index (χ1) is 12.5. The zero-order chi connectivity index (χ0) is 18.1. The van der Waals surface area contributed by atoms with Crippen molar-refractivity contribution in [1.82, 2.24) is 4.90 Å². The van der Waals surface area contributed by atoms with E-state index in [0.717, 1.165) is 18.5 Å². The van der Waals surface area contributed by atoms with Crippen LogP contribution in [-0.2, 0) is 14.8 Å². The first-order valence-electron chi connectivity index (χ1n) is 8.60. The van der Waals surface area contributed by atoms with Crippen LogP contribution in [0, 0.1) is 5.92 Å². The maximum absolute atomic E-state index is 12.6. The number of amidine groups is 1. The molecule has 2 aromatic rings. The van der Waals surface area contributed by atoms with Crippen molar-refractivity contribution >= 4 is 27.5 Å². The van der Waals surface area contributed by atoms with Gasteiger partial charge in [-0.1, -0.05) is 30.3 Å². The lowest BCUT2D eigenvalue weighted by Gasteiger charge is -2.33. The van der Waals surface area contributed by atoms with Crippen molar-refractivity contribution in [1.29, 1.82) is 0 Å². The highest BCUT2D eigenvalue weighted by Crippen LogP contribution is 2.30. The van der Waals surface area contributed by atoms with E-state index in [4.69, 9.17) is 0 Å². The molecular formula is C19H19N3O3S. The molecule has 1 N–H and O–H groups in total. The topological polar surface area (TPSA) is 78.8 Å². The van der Waals surface area contributed by atoms with Crippen molar-refractivity contribution in [2.24, 2.45) is 10.3 Å². The number of amides is 1. The predicted molar refractivity (Wildman–Crippen MR) is 99.5 cm³/mol. The number of carbonyl (C=O) groups excluding carboxylic acids is 1. The van der Waals surface area contributed by atoms with Crippen molar-refractivity contribution in [2.45, 2.75) is 17.7 Å². The maximum atomic E-state index is 12.6. The summed E-state index contributed by atoms with van der Waals surface area (Å²) in [5.41, 5.74) is 1.39. The number of likely N-dealkylation sites (tertiary alicyclic amines) is 1. The van der Waals surface area contributed by atoms with Crippen molar-refractivity contribution in [2.75, 3.05) is 18.4 Å². The van der Waals surface area contributed by atoms with Gasteiger partial charge in [-0.15, -0.1) is 4.40 Å². The van der Waals surface area contributed by atoms with Gasteiger partial charge in [-0.3, -0.25) is 4.79 Å². The summed E-state index contributed by atoms with van der Waals surface area (Å²) in [6.07, 6.45) is 1.59. The third kappa shape index (κ3) is 3.10. The molecule has 1 fully saturated rings. The third-order valence-electron chi connectivity index (χ3n) is 4.75. The molecule has 0 aromatic heterocycles. The molecule has 0 bridgehead atoms. The highest BCUT2D eigenvalue weighted by Gasteiger charge is 2.35. The number of hydrogen-bond donors (Lipinski definition) is 1. The number of para-hydroxylation sites is 1. The minimum absolute atomic E-state index is 0.0457. The Kier molecular flexibility index (Phi) is 4.24. The average Bonchev–Trinajstić information content (AvgIpc) is 2.94. The van der Waals surface area contributed by atoms with Gasteiger partial charge in [-0.05, 0) is 37.1 Å². The lowest BCUT2D eigenvalue weighted by atomic mass is 9.96. The Morgan fingerprint density at radius 3 is 2.62 bits per heavy atom. The first-order valence-corrected chi connectivity index (χ1v) is 10.0. The fourth-order valence-corrected chi connectivity index (χ4v) is 4.69. The van der Waals surface area contributed by atoms with Crippen LogP contribution in [0.5, 0.6) is 0 Å². The number of piperidine rings is 1. The second-order valence-corrected chi connectivity index (χ2v) is 8.10. The number of hydrogen-bond acceptors (Lipinski definition) is 4. The van der Waals surface area contributed by atoms with Crippen LogP contribution < -0.4 is 5.32 Å². The van der Waals surface area contributed by atoms with E-state index in [9.17, 15) is 13.2 Å². The fourth-order valence-electron chi connectivity index (χ4n) is 3.47. The van der Waals surface area contributed by atoms with Gasteiger partial charge in [-0.2, -0.15) is 8.42 Å². The minimum Gasteiger partial charge on any atom is -0.355 e. The van der Waals surface area contributed by atoms with Crippen LogP contribution in [0.15, 0.2) is 63.9 Å². The first kappa shape index (κ1) is 16.8. The van der Waals surface area contributed by atoms with Gasteiger partial charge in [0.05, 0.1) is 5.92 Å². The van der Waals surface area contributed by atoms with E-state index in [1.165, 1.54) is 0 Å². The highest BCUT2D eigenvalue weighted by molar-refractivity contribution is 7.90. The molecule has 0 aliphatic carbocycles. The van der Waals surface area contributed by atoms with E-state index in [0.29, 0.717) is 24.5 Å². The van der Waals surface area contributed by atoms with Crippen molar-refractivity contribution in [3.8, 4) is 0 Å². The van der Waals surface area contributed by atoms with E-state index in [1.807, 2.05) is 35.2 Å². The van der Waals surface area contributed by atoms with Gasteiger partial charge < -0.3 is 10.2 Å². The summed E-state index contributed by atoms with van der Waals surface area (Å²) in [7, 11) is -3.64.